The lowest BCUT2D eigenvalue weighted by molar-refractivity contribution is -0.00116. The van der Waals surface area contributed by atoms with Crippen LogP contribution in [0, 0.1) is 5.82 Å². The van der Waals surface area contributed by atoms with Gasteiger partial charge in [-0.2, -0.15) is 10.1 Å². The minimum absolute atomic E-state index is 0.173. The second-order valence-corrected chi connectivity index (χ2v) is 6.34. The molecule has 4 aromatic rings. The molecule has 0 spiro atoms. The SMILES string of the molecule is Fc1ccc([C@H]2Cn3nc(-c4nc(-c5ccccc5)no4)cc3CO2)cc1. The van der Waals surface area contributed by atoms with Crippen molar-refractivity contribution in [1.82, 2.24) is 19.9 Å². The highest BCUT2D eigenvalue weighted by Gasteiger charge is 2.24. The summed E-state index contributed by atoms with van der Waals surface area (Å²) >= 11 is 0. The van der Waals surface area contributed by atoms with Gasteiger partial charge >= 0.3 is 0 Å². The predicted molar refractivity (Wildman–Crippen MR) is 94.9 cm³/mol. The van der Waals surface area contributed by atoms with Crippen LogP contribution in [0.1, 0.15) is 17.4 Å². The zero-order valence-corrected chi connectivity index (χ0v) is 14.2. The summed E-state index contributed by atoms with van der Waals surface area (Å²) in [7, 11) is 0. The molecular formula is C20H15FN4O2. The Hall–Kier alpha value is -3.32. The first-order valence-corrected chi connectivity index (χ1v) is 8.59. The zero-order valence-electron chi connectivity index (χ0n) is 14.2. The number of aromatic nitrogens is 4. The van der Waals surface area contributed by atoms with Gasteiger partial charge in [0.25, 0.3) is 5.89 Å². The standard InChI is InChI=1S/C20H15FN4O2/c21-15-8-6-13(7-9-15)18-11-25-16(12-26-18)10-17(23-25)20-22-19(24-27-20)14-4-2-1-3-5-14/h1-10,18H,11-12H2/t18-/m1/s1. The second kappa shape index (κ2) is 6.44. The highest BCUT2D eigenvalue weighted by molar-refractivity contribution is 5.57. The number of halogens is 1. The third-order valence-electron chi connectivity index (χ3n) is 4.55. The molecule has 0 bridgehead atoms. The van der Waals surface area contributed by atoms with Crippen LogP contribution in [0.25, 0.3) is 23.0 Å². The predicted octanol–water partition coefficient (Wildman–Crippen LogP) is 4.01. The highest BCUT2D eigenvalue weighted by atomic mass is 19.1. The summed E-state index contributed by atoms with van der Waals surface area (Å²) in [6, 6.07) is 17.9. The van der Waals surface area contributed by atoms with Crippen molar-refractivity contribution in [2.45, 2.75) is 19.3 Å². The van der Waals surface area contributed by atoms with Crippen LogP contribution in [0.4, 0.5) is 4.39 Å². The monoisotopic (exact) mass is 362 g/mol. The molecule has 6 nitrogen and oxygen atoms in total. The van der Waals surface area contributed by atoms with E-state index in [-0.39, 0.29) is 11.9 Å². The summed E-state index contributed by atoms with van der Waals surface area (Å²) in [5, 5.41) is 8.63. The minimum Gasteiger partial charge on any atom is -0.365 e. The summed E-state index contributed by atoms with van der Waals surface area (Å²) in [4.78, 5) is 4.44. The Morgan fingerprint density at radius 1 is 1.04 bits per heavy atom. The first kappa shape index (κ1) is 15.9. The number of hydrogen-bond donors (Lipinski definition) is 0. The maximum Gasteiger partial charge on any atom is 0.278 e. The third kappa shape index (κ3) is 3.02. The maximum atomic E-state index is 13.1. The van der Waals surface area contributed by atoms with Gasteiger partial charge in [-0.05, 0) is 23.8 Å². The van der Waals surface area contributed by atoms with Crippen molar-refractivity contribution in [2.75, 3.05) is 0 Å². The minimum atomic E-state index is -0.262. The van der Waals surface area contributed by atoms with E-state index in [2.05, 4.69) is 15.2 Å². The Balaban J connectivity index is 1.40. The molecule has 3 heterocycles. The van der Waals surface area contributed by atoms with Crippen LogP contribution < -0.4 is 0 Å². The van der Waals surface area contributed by atoms with Crippen LogP contribution >= 0.6 is 0 Å². The molecule has 0 N–H and O–H groups in total. The molecule has 0 saturated heterocycles. The Kier molecular flexibility index (Phi) is 3.79. The van der Waals surface area contributed by atoms with Gasteiger partial charge in [0.05, 0.1) is 18.8 Å². The average Bonchev–Trinajstić information content (AvgIpc) is 3.36. The van der Waals surface area contributed by atoms with Gasteiger partial charge in [0, 0.05) is 5.56 Å². The van der Waals surface area contributed by atoms with Crippen LogP contribution in [0.3, 0.4) is 0 Å². The van der Waals surface area contributed by atoms with Crippen molar-refractivity contribution in [3.8, 4) is 23.0 Å². The van der Waals surface area contributed by atoms with Crippen LogP contribution in [0.15, 0.2) is 65.2 Å². The van der Waals surface area contributed by atoms with Crippen molar-refractivity contribution in [3.63, 3.8) is 0 Å². The van der Waals surface area contributed by atoms with E-state index in [1.807, 2.05) is 41.1 Å². The molecule has 0 saturated carbocycles. The van der Waals surface area contributed by atoms with Crippen molar-refractivity contribution in [3.05, 3.63) is 77.7 Å². The first-order chi connectivity index (χ1) is 13.3. The lowest BCUT2D eigenvalue weighted by Crippen LogP contribution is -2.21. The smallest absolute Gasteiger partial charge is 0.278 e. The van der Waals surface area contributed by atoms with E-state index >= 15 is 0 Å². The lowest BCUT2D eigenvalue weighted by Gasteiger charge is -2.24. The molecule has 5 rings (SSSR count). The molecule has 0 aliphatic carbocycles. The fourth-order valence-corrected chi connectivity index (χ4v) is 3.14. The number of nitrogens with zero attached hydrogens (tertiary/aromatic N) is 4. The van der Waals surface area contributed by atoms with Crippen molar-refractivity contribution in [1.29, 1.82) is 0 Å². The number of ether oxygens (including phenoxy) is 1. The van der Waals surface area contributed by atoms with Gasteiger partial charge < -0.3 is 9.26 Å². The van der Waals surface area contributed by atoms with Crippen molar-refractivity contribution < 1.29 is 13.7 Å². The van der Waals surface area contributed by atoms with E-state index in [1.54, 1.807) is 12.1 Å². The molecule has 134 valence electrons. The molecule has 7 heteroatoms. The molecule has 0 fully saturated rings. The van der Waals surface area contributed by atoms with E-state index in [0.29, 0.717) is 30.6 Å². The van der Waals surface area contributed by atoms with Crippen LogP contribution in [0.2, 0.25) is 0 Å². The lowest BCUT2D eigenvalue weighted by atomic mass is 10.1. The maximum absolute atomic E-state index is 13.1. The molecule has 1 aliphatic heterocycles. The van der Waals surface area contributed by atoms with Gasteiger partial charge in [-0.1, -0.05) is 47.6 Å². The van der Waals surface area contributed by atoms with Crippen LogP contribution in [-0.2, 0) is 17.9 Å². The van der Waals surface area contributed by atoms with Gasteiger partial charge in [0.15, 0.2) is 5.69 Å². The van der Waals surface area contributed by atoms with Gasteiger partial charge in [-0.15, -0.1) is 0 Å². The fourth-order valence-electron chi connectivity index (χ4n) is 3.14. The molecule has 1 aliphatic rings. The average molecular weight is 362 g/mol. The van der Waals surface area contributed by atoms with Gasteiger partial charge in [-0.25, -0.2) is 4.39 Å². The third-order valence-corrected chi connectivity index (χ3v) is 4.55. The second-order valence-electron chi connectivity index (χ2n) is 6.34. The Bertz CT molecular complexity index is 1070. The Labute approximate surface area is 154 Å². The van der Waals surface area contributed by atoms with Crippen molar-refractivity contribution >= 4 is 0 Å². The molecule has 2 aromatic carbocycles. The Morgan fingerprint density at radius 3 is 2.67 bits per heavy atom. The molecule has 1 atom stereocenters. The molecule has 0 unspecified atom stereocenters. The normalized spacial score (nSPS) is 16.3. The molecular weight excluding hydrogens is 347 g/mol. The molecule has 0 amide bonds. The topological polar surface area (TPSA) is 66.0 Å². The Morgan fingerprint density at radius 2 is 1.85 bits per heavy atom. The van der Waals surface area contributed by atoms with E-state index in [0.717, 1.165) is 16.8 Å². The van der Waals surface area contributed by atoms with Crippen LogP contribution in [-0.4, -0.2) is 19.9 Å². The molecule has 2 aromatic heterocycles. The van der Waals surface area contributed by atoms with E-state index in [1.165, 1.54) is 12.1 Å². The van der Waals surface area contributed by atoms with Crippen LogP contribution in [0.5, 0.6) is 0 Å². The van der Waals surface area contributed by atoms with E-state index < -0.39 is 0 Å². The van der Waals surface area contributed by atoms with E-state index in [4.69, 9.17) is 9.26 Å². The molecule has 27 heavy (non-hydrogen) atoms. The summed E-state index contributed by atoms with van der Waals surface area (Å²) in [5.74, 6) is 0.633. The highest BCUT2D eigenvalue weighted by Crippen LogP contribution is 2.29. The van der Waals surface area contributed by atoms with E-state index in [9.17, 15) is 4.39 Å². The van der Waals surface area contributed by atoms with Gasteiger partial charge in [0.1, 0.15) is 11.9 Å². The zero-order chi connectivity index (χ0) is 18.2. The summed E-state index contributed by atoms with van der Waals surface area (Å²) in [6.45, 7) is 0.954. The first-order valence-electron chi connectivity index (χ1n) is 8.59. The fraction of sp³-hybridized carbons (Fsp3) is 0.150. The number of benzene rings is 2. The largest absolute Gasteiger partial charge is 0.365 e. The summed E-state index contributed by atoms with van der Waals surface area (Å²) < 4.78 is 26.3. The number of rotatable bonds is 3. The summed E-state index contributed by atoms with van der Waals surface area (Å²) in [5.41, 5.74) is 3.35. The van der Waals surface area contributed by atoms with Crippen molar-refractivity contribution in [2.24, 2.45) is 0 Å². The van der Waals surface area contributed by atoms with Gasteiger partial charge in [0.2, 0.25) is 5.82 Å². The molecule has 0 radical (unpaired) electrons. The summed E-state index contributed by atoms with van der Waals surface area (Å²) in [6.07, 6.45) is -0.173. The number of fused-ring (bicyclic) bond motifs is 1. The number of hydrogen-bond acceptors (Lipinski definition) is 5. The quantitative estimate of drug-likeness (QED) is 0.551. The van der Waals surface area contributed by atoms with Gasteiger partial charge in [-0.3, -0.25) is 4.68 Å².